The molecule has 0 bridgehead atoms. The third kappa shape index (κ3) is 7.33. The minimum absolute atomic E-state index is 0.181. The number of aromatic hydroxyl groups is 1. The second-order valence-corrected chi connectivity index (χ2v) is 23.4. The largest absolute Gasteiger partial charge is 0.507 e. The molecule has 68 heavy (non-hydrogen) atoms. The van der Waals surface area contributed by atoms with E-state index in [0.29, 0.717) is 16.9 Å². The molecule has 344 valence electrons. The van der Waals surface area contributed by atoms with Gasteiger partial charge in [0, 0.05) is 31.3 Å². The maximum atomic E-state index is 11.6. The highest BCUT2D eigenvalue weighted by Gasteiger charge is 2.32. The summed E-state index contributed by atoms with van der Waals surface area (Å²) in [6, 6.07) is 39.2. The van der Waals surface area contributed by atoms with E-state index in [4.69, 9.17) is 14.4 Å². The molecule has 0 saturated heterocycles. The number of nitrogens with zero attached hydrogens (tertiary/aromatic N) is 3. The van der Waals surface area contributed by atoms with Crippen molar-refractivity contribution < 1.29 is 9.52 Å². The molecule has 0 amide bonds. The molecule has 6 heteroatoms. The Morgan fingerprint density at radius 3 is 2.01 bits per heavy atom. The number of hydrogen-bond donors (Lipinski definition) is 1. The molecule has 1 N–H and O–H groups in total. The first kappa shape index (κ1) is 44.3. The zero-order chi connectivity index (χ0) is 47.6. The number of aromatic nitrogens is 3. The fraction of sp³-hybridized carbons (Fsp3) is 0.323. The van der Waals surface area contributed by atoms with Gasteiger partial charge in [0.25, 0.3) is 0 Å². The molecular weight excluding hydrogens is 851 g/mol. The van der Waals surface area contributed by atoms with Crippen molar-refractivity contribution >= 4 is 53.7 Å². The van der Waals surface area contributed by atoms with E-state index in [1.54, 1.807) is 6.07 Å². The van der Waals surface area contributed by atoms with Crippen LogP contribution in [0.1, 0.15) is 139 Å². The Labute approximate surface area is 405 Å². The van der Waals surface area contributed by atoms with Crippen LogP contribution in [-0.4, -0.2) is 19.6 Å². The van der Waals surface area contributed by atoms with Crippen LogP contribution in [0.4, 0.5) is 0 Å². The molecule has 0 unspecified atom stereocenters. The van der Waals surface area contributed by atoms with Crippen molar-refractivity contribution in [3.63, 3.8) is 0 Å². The van der Waals surface area contributed by atoms with E-state index in [9.17, 15) is 5.11 Å². The molecule has 11 rings (SSSR count). The molecule has 1 fully saturated rings. The van der Waals surface area contributed by atoms with Crippen molar-refractivity contribution in [1.29, 1.82) is 0 Å². The van der Waals surface area contributed by atoms with E-state index >= 15 is 0 Å². The number of rotatable bonds is 8. The van der Waals surface area contributed by atoms with Gasteiger partial charge in [0.15, 0.2) is 0 Å². The molecule has 6 aromatic carbocycles. The predicted molar refractivity (Wildman–Crippen MR) is 287 cm³/mol. The Kier molecular flexibility index (Phi) is 10.5. The molecule has 4 heterocycles. The van der Waals surface area contributed by atoms with E-state index in [0.717, 1.165) is 50.5 Å². The number of para-hydroxylation sites is 2. The number of phenolic OH excluding ortho intramolecular Hbond substituents is 1. The number of phenols is 1. The molecule has 0 spiro atoms. The van der Waals surface area contributed by atoms with Crippen molar-refractivity contribution in [2.24, 2.45) is 5.41 Å². The second-order valence-electron chi connectivity index (χ2n) is 22.3. The van der Waals surface area contributed by atoms with Crippen LogP contribution >= 0.6 is 11.3 Å². The fourth-order valence-corrected chi connectivity index (χ4v) is 12.4. The molecule has 1 aliphatic rings. The van der Waals surface area contributed by atoms with Gasteiger partial charge in [-0.15, -0.1) is 11.3 Å². The molecule has 0 radical (unpaired) electrons. The first-order chi connectivity index (χ1) is 32.5. The zero-order valence-corrected chi connectivity index (χ0v) is 42.4. The summed E-state index contributed by atoms with van der Waals surface area (Å²) in [4.78, 5) is 11.2. The smallest absolute Gasteiger partial charge is 0.149 e. The molecule has 1 aliphatic carbocycles. The highest BCUT2D eigenvalue weighted by molar-refractivity contribution is 7.26. The van der Waals surface area contributed by atoms with Crippen molar-refractivity contribution in [3.05, 3.63) is 143 Å². The zero-order valence-electron chi connectivity index (χ0n) is 41.6. The van der Waals surface area contributed by atoms with E-state index < -0.39 is 0 Å². The lowest BCUT2D eigenvalue weighted by Gasteiger charge is -2.35. The maximum Gasteiger partial charge on any atom is 0.149 e. The van der Waals surface area contributed by atoms with Gasteiger partial charge in [0.05, 0.1) is 33.7 Å². The van der Waals surface area contributed by atoms with Crippen LogP contribution in [0.3, 0.4) is 0 Å². The van der Waals surface area contributed by atoms with Crippen LogP contribution in [0.15, 0.2) is 114 Å². The second kappa shape index (κ2) is 16.2. The van der Waals surface area contributed by atoms with Gasteiger partial charge in [-0.1, -0.05) is 117 Å². The summed E-state index contributed by atoms with van der Waals surface area (Å²) in [5.74, 6) is 1.97. The summed E-state index contributed by atoms with van der Waals surface area (Å²) in [5.41, 5.74) is 19.6. The molecule has 0 atom stereocenters. The Morgan fingerprint density at radius 1 is 0.706 bits per heavy atom. The number of fused-ring (bicyclic) bond motifs is 1. The Bertz CT molecular complexity index is 3530. The molecule has 5 nitrogen and oxygen atoms in total. The van der Waals surface area contributed by atoms with Gasteiger partial charge < -0.3 is 9.52 Å². The summed E-state index contributed by atoms with van der Waals surface area (Å²) in [5, 5.41) is 14.0. The van der Waals surface area contributed by atoms with Gasteiger partial charge in [-0.25, -0.2) is 9.97 Å². The number of aryl methyl sites for hydroxylation is 2. The standard InChI is InChI=1S/C62H63N3O2S/c1-34(2)45-28-39(38-24-26-62(10,11)27-25-38)29-46(35(3)4)58(45)65-49-20-15-19-42(57(49)64-60(65)44-18-12-13-21-50(44)66)47-32-41(61(7,8)9)33-48(63-47)43-22-23-52-56-55-51(67-59(43)56)30-40(31-53(55)68-52)54-36(5)16-14-17-37(54)6/h12-23,28-35,38,66H,24-27H2,1-11H3. The maximum absolute atomic E-state index is 11.6. The predicted octanol–water partition coefficient (Wildman–Crippen LogP) is 18.2. The summed E-state index contributed by atoms with van der Waals surface area (Å²) in [6.45, 7) is 25.3. The van der Waals surface area contributed by atoms with Gasteiger partial charge in [0.2, 0.25) is 0 Å². The highest BCUT2D eigenvalue weighted by atomic mass is 32.1. The van der Waals surface area contributed by atoms with Crippen LogP contribution < -0.4 is 0 Å². The van der Waals surface area contributed by atoms with Crippen LogP contribution in [0.5, 0.6) is 5.75 Å². The lowest BCUT2D eigenvalue weighted by molar-refractivity contribution is 0.224. The van der Waals surface area contributed by atoms with E-state index in [1.165, 1.54) is 96.1 Å². The third-order valence-electron chi connectivity index (χ3n) is 15.2. The third-order valence-corrected chi connectivity index (χ3v) is 16.3. The normalized spacial score (nSPS) is 14.8. The summed E-state index contributed by atoms with van der Waals surface area (Å²) >= 11 is 1.83. The quantitative estimate of drug-likeness (QED) is 0.165. The Morgan fingerprint density at radius 2 is 1.35 bits per heavy atom. The Hall–Kier alpha value is -6.24. The van der Waals surface area contributed by atoms with Crippen LogP contribution in [0.2, 0.25) is 0 Å². The van der Waals surface area contributed by atoms with Crippen molar-refractivity contribution in [3.8, 4) is 56.5 Å². The number of hydrogen-bond acceptors (Lipinski definition) is 5. The first-order valence-electron chi connectivity index (χ1n) is 24.7. The van der Waals surface area contributed by atoms with Gasteiger partial charge >= 0.3 is 0 Å². The lowest BCUT2D eigenvalue weighted by Crippen LogP contribution is -2.21. The number of pyridine rings is 1. The summed E-state index contributed by atoms with van der Waals surface area (Å²) in [7, 11) is 0. The minimum atomic E-state index is -0.181. The monoisotopic (exact) mass is 913 g/mol. The van der Waals surface area contributed by atoms with E-state index in [2.05, 4.69) is 166 Å². The molecule has 0 aliphatic heterocycles. The number of imidazole rings is 1. The number of thiophene rings is 1. The SMILES string of the molecule is Cc1cccc(C)c1-c1cc2oc3c(-c4cc(C(C)(C)C)cc(-c5cccc6c5nc(-c5ccccc5O)n6-c5c(C(C)C)cc(C6CCC(C)(C)CC6)cc5C(C)C)n4)ccc4sc(c1)c2c43. The minimum Gasteiger partial charge on any atom is -0.507 e. The number of benzene rings is 6. The van der Waals surface area contributed by atoms with Crippen molar-refractivity contribution in [2.75, 3.05) is 0 Å². The lowest BCUT2D eigenvalue weighted by atomic mass is 9.70. The molecule has 10 aromatic rings. The average Bonchev–Trinajstić information content (AvgIpc) is 4.00. The molecule has 1 saturated carbocycles. The fourth-order valence-electron chi connectivity index (χ4n) is 11.3. The molecule has 4 aromatic heterocycles. The summed E-state index contributed by atoms with van der Waals surface area (Å²) in [6.07, 6.45) is 4.92. The van der Waals surface area contributed by atoms with Crippen LogP contribution in [0.25, 0.3) is 93.1 Å². The molecular formula is C62H63N3O2S. The van der Waals surface area contributed by atoms with Gasteiger partial charge in [-0.2, -0.15) is 0 Å². The van der Waals surface area contributed by atoms with E-state index in [1.807, 2.05) is 29.5 Å². The first-order valence-corrected chi connectivity index (χ1v) is 25.6. The van der Waals surface area contributed by atoms with Crippen LogP contribution in [0, 0.1) is 19.3 Å². The Balaban J connectivity index is 1.13. The van der Waals surface area contributed by atoms with Crippen molar-refractivity contribution in [1.82, 2.24) is 14.5 Å². The van der Waals surface area contributed by atoms with Crippen LogP contribution in [-0.2, 0) is 5.41 Å². The average molecular weight is 914 g/mol. The van der Waals surface area contributed by atoms with Gasteiger partial charge in [-0.05, 0) is 167 Å². The number of furan rings is 1. The topological polar surface area (TPSA) is 64.1 Å². The van der Waals surface area contributed by atoms with Gasteiger partial charge in [-0.3, -0.25) is 4.57 Å². The van der Waals surface area contributed by atoms with Gasteiger partial charge in [0.1, 0.15) is 22.7 Å². The summed E-state index contributed by atoms with van der Waals surface area (Å²) < 4.78 is 11.8. The van der Waals surface area contributed by atoms with Crippen molar-refractivity contribution in [2.45, 2.75) is 125 Å². The highest BCUT2D eigenvalue weighted by Crippen LogP contribution is 2.50. The van der Waals surface area contributed by atoms with E-state index in [-0.39, 0.29) is 23.0 Å².